The Morgan fingerprint density at radius 2 is 2.00 bits per heavy atom. The Bertz CT molecular complexity index is 777. The molecule has 1 aromatic heterocycles. The molecular formula is C16H19FN2O4S2. The zero-order chi connectivity index (χ0) is 18.3. The quantitative estimate of drug-likeness (QED) is 0.671. The second-order valence-corrected chi connectivity index (χ2v) is 8.15. The van der Waals surface area contributed by atoms with E-state index in [9.17, 15) is 17.6 Å². The number of sulfonamides is 1. The summed E-state index contributed by atoms with van der Waals surface area (Å²) in [6, 6.07) is 8.06. The maximum absolute atomic E-state index is 13.2. The number of benzene rings is 1. The standard InChI is InChI=1S/C16H19FN2O4S2/c1-23-10-3-9-18-15(20)12-19(14-7-5-13(17)6-8-14)25(21,22)16-4-2-11-24-16/h2,4-8,11H,3,9-10,12H2,1H3,(H,18,20). The molecule has 0 bridgehead atoms. The average Bonchev–Trinajstić information content (AvgIpc) is 3.13. The van der Waals surface area contributed by atoms with Crippen molar-refractivity contribution in [3.8, 4) is 0 Å². The Morgan fingerprint density at radius 3 is 2.60 bits per heavy atom. The van der Waals surface area contributed by atoms with Crippen molar-refractivity contribution in [2.75, 3.05) is 31.1 Å². The summed E-state index contributed by atoms with van der Waals surface area (Å²) in [5.41, 5.74) is 0.224. The van der Waals surface area contributed by atoms with Crippen molar-refractivity contribution in [3.05, 3.63) is 47.6 Å². The molecule has 9 heteroatoms. The van der Waals surface area contributed by atoms with Gasteiger partial charge in [0.1, 0.15) is 16.6 Å². The minimum Gasteiger partial charge on any atom is -0.385 e. The third-order valence-electron chi connectivity index (χ3n) is 3.29. The van der Waals surface area contributed by atoms with Gasteiger partial charge in [-0.3, -0.25) is 9.10 Å². The molecule has 0 saturated heterocycles. The third-order valence-corrected chi connectivity index (χ3v) is 6.44. The number of amides is 1. The van der Waals surface area contributed by atoms with Gasteiger partial charge in [-0.05, 0) is 42.1 Å². The lowest BCUT2D eigenvalue weighted by Gasteiger charge is -2.23. The molecule has 0 aliphatic heterocycles. The number of nitrogens with one attached hydrogen (secondary N) is 1. The van der Waals surface area contributed by atoms with E-state index in [-0.39, 0.29) is 9.90 Å². The largest absolute Gasteiger partial charge is 0.385 e. The summed E-state index contributed by atoms with van der Waals surface area (Å²) in [6.07, 6.45) is 0.621. The van der Waals surface area contributed by atoms with E-state index in [0.717, 1.165) is 27.8 Å². The highest BCUT2D eigenvalue weighted by molar-refractivity contribution is 7.94. The first kappa shape index (κ1) is 19.4. The first-order valence-electron chi connectivity index (χ1n) is 7.52. The van der Waals surface area contributed by atoms with E-state index < -0.39 is 28.3 Å². The first-order chi connectivity index (χ1) is 11.9. The molecule has 1 aromatic carbocycles. The van der Waals surface area contributed by atoms with Crippen LogP contribution in [0, 0.1) is 5.82 Å². The van der Waals surface area contributed by atoms with Gasteiger partial charge in [0.05, 0.1) is 5.69 Å². The van der Waals surface area contributed by atoms with Gasteiger partial charge >= 0.3 is 0 Å². The molecule has 0 radical (unpaired) electrons. The summed E-state index contributed by atoms with van der Waals surface area (Å²) in [5.74, 6) is -0.929. The van der Waals surface area contributed by atoms with Crippen LogP contribution in [0.3, 0.4) is 0 Å². The van der Waals surface area contributed by atoms with E-state index in [4.69, 9.17) is 4.74 Å². The van der Waals surface area contributed by atoms with Gasteiger partial charge in [0.25, 0.3) is 10.0 Å². The molecule has 1 heterocycles. The van der Waals surface area contributed by atoms with Crippen LogP contribution < -0.4 is 9.62 Å². The van der Waals surface area contributed by atoms with Crippen LogP contribution in [0.15, 0.2) is 46.0 Å². The fraction of sp³-hybridized carbons (Fsp3) is 0.312. The van der Waals surface area contributed by atoms with Crippen LogP contribution in [0.4, 0.5) is 10.1 Å². The van der Waals surface area contributed by atoms with Gasteiger partial charge in [0.15, 0.2) is 0 Å². The number of carbonyl (C=O) groups excluding carboxylic acids is 1. The van der Waals surface area contributed by atoms with Crippen molar-refractivity contribution in [1.29, 1.82) is 0 Å². The molecule has 25 heavy (non-hydrogen) atoms. The fourth-order valence-electron chi connectivity index (χ4n) is 2.07. The number of methoxy groups -OCH3 is 1. The van der Waals surface area contributed by atoms with E-state index in [1.165, 1.54) is 18.2 Å². The Kier molecular flexibility index (Phi) is 6.91. The minimum absolute atomic E-state index is 0.115. The van der Waals surface area contributed by atoms with Gasteiger partial charge in [-0.15, -0.1) is 11.3 Å². The molecule has 2 aromatic rings. The van der Waals surface area contributed by atoms with Crippen LogP contribution in [0.2, 0.25) is 0 Å². The van der Waals surface area contributed by atoms with Crippen LogP contribution in [-0.4, -0.2) is 41.1 Å². The molecule has 0 aliphatic rings. The lowest BCUT2D eigenvalue weighted by atomic mass is 10.3. The lowest BCUT2D eigenvalue weighted by molar-refractivity contribution is -0.119. The second-order valence-electron chi connectivity index (χ2n) is 5.12. The predicted molar refractivity (Wildman–Crippen MR) is 94.8 cm³/mol. The van der Waals surface area contributed by atoms with Crippen molar-refractivity contribution in [1.82, 2.24) is 5.32 Å². The van der Waals surface area contributed by atoms with Gasteiger partial charge in [-0.1, -0.05) is 6.07 Å². The number of nitrogens with zero attached hydrogens (tertiary/aromatic N) is 1. The van der Waals surface area contributed by atoms with Crippen LogP contribution in [0.1, 0.15) is 6.42 Å². The Morgan fingerprint density at radius 1 is 1.28 bits per heavy atom. The summed E-state index contributed by atoms with van der Waals surface area (Å²) in [7, 11) is -2.35. The van der Waals surface area contributed by atoms with Crippen LogP contribution in [0.25, 0.3) is 0 Å². The molecule has 0 unspecified atom stereocenters. The molecular weight excluding hydrogens is 367 g/mol. The van der Waals surface area contributed by atoms with Crippen molar-refractivity contribution in [2.24, 2.45) is 0 Å². The van der Waals surface area contributed by atoms with E-state index >= 15 is 0 Å². The van der Waals surface area contributed by atoms with E-state index in [1.807, 2.05) is 0 Å². The Balaban J connectivity index is 2.21. The fourth-order valence-corrected chi connectivity index (χ4v) is 4.60. The average molecular weight is 386 g/mol. The molecule has 6 nitrogen and oxygen atoms in total. The maximum atomic E-state index is 13.2. The number of hydrogen-bond donors (Lipinski definition) is 1. The smallest absolute Gasteiger partial charge is 0.274 e. The molecule has 1 N–H and O–H groups in total. The van der Waals surface area contributed by atoms with Crippen LogP contribution in [-0.2, 0) is 19.6 Å². The topological polar surface area (TPSA) is 75.7 Å². The number of ether oxygens (including phenoxy) is 1. The minimum atomic E-state index is -3.91. The van der Waals surface area contributed by atoms with Gasteiger partial charge in [0.2, 0.25) is 5.91 Å². The molecule has 1 amide bonds. The SMILES string of the molecule is COCCCNC(=O)CN(c1ccc(F)cc1)S(=O)(=O)c1cccs1. The number of thiophene rings is 1. The molecule has 136 valence electrons. The molecule has 0 saturated carbocycles. The highest BCUT2D eigenvalue weighted by Crippen LogP contribution is 2.26. The van der Waals surface area contributed by atoms with Crippen molar-refractivity contribution >= 4 is 33.0 Å². The maximum Gasteiger partial charge on any atom is 0.274 e. The monoisotopic (exact) mass is 386 g/mol. The highest BCUT2D eigenvalue weighted by atomic mass is 32.2. The number of anilines is 1. The van der Waals surface area contributed by atoms with Gasteiger partial charge in [-0.2, -0.15) is 0 Å². The van der Waals surface area contributed by atoms with Crippen molar-refractivity contribution < 1.29 is 22.3 Å². The van der Waals surface area contributed by atoms with Crippen molar-refractivity contribution in [2.45, 2.75) is 10.6 Å². The van der Waals surface area contributed by atoms with Gasteiger partial charge < -0.3 is 10.1 Å². The molecule has 2 rings (SSSR count). The summed E-state index contributed by atoms with van der Waals surface area (Å²) in [4.78, 5) is 12.1. The lowest BCUT2D eigenvalue weighted by Crippen LogP contribution is -2.41. The first-order valence-corrected chi connectivity index (χ1v) is 9.84. The van der Waals surface area contributed by atoms with Crippen LogP contribution in [0.5, 0.6) is 0 Å². The second kappa shape index (κ2) is 8.93. The molecule has 0 aliphatic carbocycles. The predicted octanol–water partition coefficient (Wildman–Crippen LogP) is 2.24. The number of carbonyl (C=O) groups is 1. The zero-order valence-corrected chi connectivity index (χ0v) is 15.3. The highest BCUT2D eigenvalue weighted by Gasteiger charge is 2.27. The summed E-state index contributed by atoms with van der Waals surface area (Å²) in [5, 5.41) is 4.29. The van der Waals surface area contributed by atoms with E-state index in [0.29, 0.717) is 19.6 Å². The van der Waals surface area contributed by atoms with Crippen LogP contribution >= 0.6 is 11.3 Å². The van der Waals surface area contributed by atoms with Gasteiger partial charge in [0, 0.05) is 20.3 Å². The molecule has 0 atom stereocenters. The normalized spacial score (nSPS) is 11.3. The third kappa shape index (κ3) is 5.25. The van der Waals surface area contributed by atoms with Crippen molar-refractivity contribution in [3.63, 3.8) is 0 Å². The Labute approximate surface area is 150 Å². The summed E-state index contributed by atoms with van der Waals surface area (Å²) < 4.78 is 44.8. The number of halogens is 1. The number of hydrogen-bond acceptors (Lipinski definition) is 5. The molecule has 0 fully saturated rings. The zero-order valence-electron chi connectivity index (χ0n) is 13.6. The number of rotatable bonds is 9. The summed E-state index contributed by atoms with van der Waals surface area (Å²) in [6.45, 7) is 0.483. The van der Waals surface area contributed by atoms with Gasteiger partial charge in [-0.25, -0.2) is 12.8 Å². The van der Waals surface area contributed by atoms with E-state index in [1.54, 1.807) is 18.6 Å². The Hall–Kier alpha value is -1.97. The van der Waals surface area contributed by atoms with E-state index in [2.05, 4.69) is 5.32 Å². The summed E-state index contributed by atoms with van der Waals surface area (Å²) >= 11 is 1.06. The molecule has 0 spiro atoms.